The van der Waals surface area contributed by atoms with Crippen molar-refractivity contribution in [1.29, 1.82) is 0 Å². The first kappa shape index (κ1) is 4.54. The molecular weight excluding hydrogens is 98.1 g/mol. The predicted molar refractivity (Wildman–Crippen MR) is 34.2 cm³/mol. The zero-order chi connectivity index (χ0) is 5.99. The molecule has 2 atom stereocenters. The minimum atomic E-state index is 0.592. The van der Waals surface area contributed by atoms with E-state index in [0.29, 0.717) is 16.9 Å². The number of hydrogen-bond acceptors (Lipinski definition) is 1. The Morgan fingerprint density at radius 1 is 1.50 bits per heavy atom. The van der Waals surface area contributed by atoms with Gasteiger partial charge in [-0.05, 0) is 24.0 Å². The van der Waals surface area contributed by atoms with Crippen LogP contribution in [0.4, 0.5) is 0 Å². The van der Waals surface area contributed by atoms with Crippen molar-refractivity contribution >= 4 is 6.72 Å². The molecule has 0 aromatic carbocycles. The molecule has 0 heterocycles. The molecule has 0 spiro atoms. The smallest absolute Gasteiger partial charge is 0.0611 e. The van der Waals surface area contributed by atoms with Crippen molar-refractivity contribution in [3.8, 4) is 0 Å². The molecule has 44 valence electrons. The monoisotopic (exact) mass is 109 g/mol. The quantitative estimate of drug-likeness (QED) is 0.452. The van der Waals surface area contributed by atoms with E-state index in [2.05, 4.69) is 25.6 Å². The van der Waals surface area contributed by atoms with Crippen molar-refractivity contribution in [1.82, 2.24) is 0 Å². The summed E-state index contributed by atoms with van der Waals surface area (Å²) in [5, 5.41) is 0. The van der Waals surface area contributed by atoms with Crippen LogP contribution < -0.4 is 0 Å². The Morgan fingerprint density at radius 3 is 2.00 bits per heavy atom. The second-order valence-corrected chi connectivity index (χ2v) is 3.60. The first-order valence-corrected chi connectivity index (χ1v) is 3.11. The molecular formula is C7H11N. The van der Waals surface area contributed by atoms with E-state index in [-0.39, 0.29) is 0 Å². The minimum Gasteiger partial charge on any atom is -0.296 e. The summed E-state index contributed by atoms with van der Waals surface area (Å²) in [7, 11) is 0. The number of rotatable bonds is 1. The molecule has 2 fully saturated rings. The zero-order valence-corrected chi connectivity index (χ0v) is 5.44. The first-order valence-electron chi connectivity index (χ1n) is 3.11. The molecule has 8 heavy (non-hydrogen) atoms. The van der Waals surface area contributed by atoms with Crippen molar-refractivity contribution < 1.29 is 0 Å². The van der Waals surface area contributed by atoms with E-state index in [1.54, 1.807) is 0 Å². The minimum absolute atomic E-state index is 0.592. The van der Waals surface area contributed by atoms with E-state index in [9.17, 15) is 0 Å². The second-order valence-electron chi connectivity index (χ2n) is 3.60. The molecule has 0 aromatic heterocycles. The summed E-state index contributed by atoms with van der Waals surface area (Å²) >= 11 is 0. The molecule has 0 amide bonds. The molecule has 1 heteroatoms. The molecule has 0 N–H and O–H groups in total. The Balaban J connectivity index is 2.23. The molecule has 2 unspecified atom stereocenters. The molecule has 1 nitrogen and oxygen atoms in total. The Morgan fingerprint density at radius 2 is 2.00 bits per heavy atom. The van der Waals surface area contributed by atoms with Crippen molar-refractivity contribution in [3.05, 3.63) is 0 Å². The SMILES string of the molecule is C=NC1C2(C)CC12C. The summed E-state index contributed by atoms with van der Waals surface area (Å²) in [4.78, 5) is 4.02. The highest BCUT2D eigenvalue weighted by Gasteiger charge is 2.85. The molecule has 0 bridgehead atoms. The molecule has 2 aliphatic rings. The number of hydrogen-bond donors (Lipinski definition) is 0. The lowest BCUT2D eigenvalue weighted by Gasteiger charge is -2.00. The van der Waals surface area contributed by atoms with Crippen molar-refractivity contribution in [3.63, 3.8) is 0 Å². The van der Waals surface area contributed by atoms with Gasteiger partial charge in [-0.2, -0.15) is 0 Å². The average molecular weight is 109 g/mol. The van der Waals surface area contributed by atoms with Gasteiger partial charge in [-0.25, -0.2) is 0 Å². The molecule has 2 aliphatic carbocycles. The standard InChI is InChI=1S/C7H11N/c1-6-4-7(6,2)5(6)8-3/h5H,3-4H2,1-2H3. The van der Waals surface area contributed by atoms with Crippen LogP contribution in [-0.4, -0.2) is 12.8 Å². The maximum atomic E-state index is 4.02. The van der Waals surface area contributed by atoms with Crippen LogP contribution in [0.1, 0.15) is 20.3 Å². The van der Waals surface area contributed by atoms with Crippen molar-refractivity contribution in [2.45, 2.75) is 26.3 Å². The van der Waals surface area contributed by atoms with Crippen LogP contribution in [0.25, 0.3) is 0 Å². The van der Waals surface area contributed by atoms with Gasteiger partial charge in [-0.3, -0.25) is 4.99 Å². The lowest BCUT2D eigenvalue weighted by atomic mass is 10.1. The summed E-state index contributed by atoms with van der Waals surface area (Å²) in [6, 6.07) is 0.606. The van der Waals surface area contributed by atoms with Crippen LogP contribution in [0.5, 0.6) is 0 Å². The van der Waals surface area contributed by atoms with Crippen LogP contribution in [0.15, 0.2) is 4.99 Å². The molecule has 0 aromatic rings. The Hall–Kier alpha value is -0.330. The second kappa shape index (κ2) is 0.772. The van der Waals surface area contributed by atoms with Crippen molar-refractivity contribution in [2.75, 3.05) is 0 Å². The molecule has 0 radical (unpaired) electrons. The lowest BCUT2D eigenvalue weighted by molar-refractivity contribution is 0.589. The van der Waals surface area contributed by atoms with E-state index in [1.165, 1.54) is 6.42 Å². The Kier molecular flexibility index (Phi) is 0.438. The average Bonchev–Trinajstić information content (AvgIpc) is 2.26. The largest absolute Gasteiger partial charge is 0.296 e. The van der Waals surface area contributed by atoms with Crippen molar-refractivity contribution in [2.24, 2.45) is 15.8 Å². The van der Waals surface area contributed by atoms with Crippen LogP contribution in [0.2, 0.25) is 0 Å². The third-order valence-electron chi connectivity index (χ3n) is 3.22. The van der Waals surface area contributed by atoms with Gasteiger partial charge in [0.15, 0.2) is 0 Å². The fourth-order valence-electron chi connectivity index (χ4n) is 2.11. The van der Waals surface area contributed by atoms with Crippen LogP contribution in [-0.2, 0) is 0 Å². The topological polar surface area (TPSA) is 12.4 Å². The van der Waals surface area contributed by atoms with Gasteiger partial charge in [0.05, 0.1) is 6.04 Å². The van der Waals surface area contributed by atoms with Gasteiger partial charge in [0.1, 0.15) is 0 Å². The third kappa shape index (κ3) is 0.203. The summed E-state index contributed by atoms with van der Waals surface area (Å²) < 4.78 is 0. The normalized spacial score (nSPS) is 66.5. The van der Waals surface area contributed by atoms with E-state index in [1.807, 2.05) is 0 Å². The van der Waals surface area contributed by atoms with Gasteiger partial charge >= 0.3 is 0 Å². The molecule has 0 saturated heterocycles. The zero-order valence-electron chi connectivity index (χ0n) is 5.44. The van der Waals surface area contributed by atoms with Crippen LogP contribution in [0, 0.1) is 10.8 Å². The van der Waals surface area contributed by atoms with Gasteiger partial charge in [-0.1, -0.05) is 13.8 Å². The molecule has 0 aliphatic heterocycles. The van der Waals surface area contributed by atoms with Crippen LogP contribution in [0.3, 0.4) is 0 Å². The van der Waals surface area contributed by atoms with E-state index < -0.39 is 0 Å². The number of fused-ring (bicyclic) bond motifs is 1. The highest BCUT2D eigenvalue weighted by Crippen LogP contribution is 2.86. The van der Waals surface area contributed by atoms with Gasteiger partial charge < -0.3 is 0 Å². The third-order valence-corrected chi connectivity index (χ3v) is 3.22. The summed E-state index contributed by atoms with van der Waals surface area (Å²) in [5.41, 5.74) is 1.18. The number of aliphatic imine (C=N–C) groups is 1. The fraction of sp³-hybridized carbons (Fsp3) is 0.857. The maximum Gasteiger partial charge on any atom is 0.0611 e. The number of nitrogens with zero attached hydrogens (tertiary/aromatic N) is 1. The van der Waals surface area contributed by atoms with Gasteiger partial charge in [0.25, 0.3) is 0 Å². The molecule has 2 rings (SSSR count). The summed E-state index contributed by atoms with van der Waals surface area (Å²) in [6.45, 7) is 8.14. The van der Waals surface area contributed by atoms with Gasteiger partial charge in [0.2, 0.25) is 0 Å². The lowest BCUT2D eigenvalue weighted by Crippen LogP contribution is -1.99. The maximum absolute atomic E-state index is 4.02. The fourth-order valence-corrected chi connectivity index (χ4v) is 2.11. The van der Waals surface area contributed by atoms with Crippen LogP contribution >= 0.6 is 0 Å². The highest BCUT2D eigenvalue weighted by molar-refractivity contribution is 5.42. The van der Waals surface area contributed by atoms with E-state index in [4.69, 9.17) is 0 Å². The predicted octanol–water partition coefficient (Wildman–Crippen LogP) is 1.49. The Bertz CT molecular complexity index is 150. The molecule has 2 saturated carbocycles. The van der Waals surface area contributed by atoms with E-state index in [0.717, 1.165) is 0 Å². The summed E-state index contributed by atoms with van der Waals surface area (Å²) in [5.74, 6) is 0. The Labute approximate surface area is 49.8 Å². The highest BCUT2D eigenvalue weighted by atomic mass is 15.1. The summed E-state index contributed by atoms with van der Waals surface area (Å²) in [6.07, 6.45) is 1.38. The van der Waals surface area contributed by atoms with E-state index >= 15 is 0 Å². The van der Waals surface area contributed by atoms with Gasteiger partial charge in [0, 0.05) is 0 Å². The van der Waals surface area contributed by atoms with Gasteiger partial charge in [-0.15, -0.1) is 0 Å². The first-order chi connectivity index (χ1) is 3.65.